The summed E-state index contributed by atoms with van der Waals surface area (Å²) in [7, 11) is 0. The first-order valence-electron chi connectivity index (χ1n) is 5.15. The van der Waals surface area contributed by atoms with Crippen LogP contribution in [0.5, 0.6) is 0 Å². The molecule has 0 saturated carbocycles. The molecule has 0 fully saturated rings. The maximum Gasteiger partial charge on any atom is 0.272 e. The average molecular weight is 251 g/mol. The van der Waals surface area contributed by atoms with E-state index in [2.05, 4.69) is 4.98 Å². The van der Waals surface area contributed by atoms with Crippen LogP contribution in [0.4, 0.5) is 10.1 Å². The molecular weight excluding hydrogens is 241 g/mol. The Morgan fingerprint density at radius 1 is 1.44 bits per heavy atom. The number of non-ortho nitro benzene ring substituents is 1. The highest BCUT2D eigenvalue weighted by atomic mass is 19.1. The predicted molar refractivity (Wildman–Crippen MR) is 60.3 cm³/mol. The molecule has 18 heavy (non-hydrogen) atoms. The van der Waals surface area contributed by atoms with Crippen LogP contribution in [-0.2, 0) is 13.2 Å². The maximum atomic E-state index is 13.2. The van der Waals surface area contributed by atoms with Crippen molar-refractivity contribution in [3.8, 4) is 0 Å². The van der Waals surface area contributed by atoms with Crippen molar-refractivity contribution < 1.29 is 14.4 Å². The van der Waals surface area contributed by atoms with Gasteiger partial charge >= 0.3 is 0 Å². The molecule has 0 bridgehead atoms. The number of nitro benzene ring substituents is 1. The largest absolute Gasteiger partial charge is 0.388 e. The van der Waals surface area contributed by atoms with E-state index in [0.29, 0.717) is 11.4 Å². The summed E-state index contributed by atoms with van der Waals surface area (Å²) in [6, 6.07) is 3.38. The van der Waals surface area contributed by atoms with Gasteiger partial charge in [-0.2, -0.15) is 0 Å². The second kappa shape index (κ2) is 4.92. The lowest BCUT2D eigenvalue weighted by Gasteiger charge is -2.06. The van der Waals surface area contributed by atoms with E-state index in [0.717, 1.165) is 6.07 Å². The predicted octanol–water partition coefficient (Wildman–Crippen LogP) is 1.47. The second-order valence-electron chi connectivity index (χ2n) is 3.70. The Balaban J connectivity index is 2.32. The van der Waals surface area contributed by atoms with Gasteiger partial charge in [0.2, 0.25) is 0 Å². The number of hydrogen-bond acceptors (Lipinski definition) is 4. The van der Waals surface area contributed by atoms with Crippen LogP contribution < -0.4 is 0 Å². The summed E-state index contributed by atoms with van der Waals surface area (Å²) < 4.78 is 14.8. The van der Waals surface area contributed by atoms with Crippen molar-refractivity contribution in [1.82, 2.24) is 9.55 Å². The molecule has 2 rings (SSSR count). The molecular formula is C11H10FN3O3. The van der Waals surface area contributed by atoms with E-state index in [-0.39, 0.29) is 18.8 Å². The summed E-state index contributed by atoms with van der Waals surface area (Å²) >= 11 is 0. The number of halogens is 1. The summed E-state index contributed by atoms with van der Waals surface area (Å²) in [5.41, 5.74) is 0.144. The molecule has 6 nitrogen and oxygen atoms in total. The van der Waals surface area contributed by atoms with Gasteiger partial charge in [0.05, 0.1) is 11.0 Å². The van der Waals surface area contributed by atoms with E-state index in [4.69, 9.17) is 5.11 Å². The zero-order valence-corrected chi connectivity index (χ0v) is 9.28. The fourth-order valence-electron chi connectivity index (χ4n) is 1.66. The lowest BCUT2D eigenvalue weighted by atomic mass is 10.2. The first-order valence-corrected chi connectivity index (χ1v) is 5.15. The van der Waals surface area contributed by atoms with Gasteiger partial charge in [-0.3, -0.25) is 10.1 Å². The zero-order chi connectivity index (χ0) is 13.1. The minimum atomic E-state index is -0.662. The number of aliphatic hydroxyl groups is 1. The molecule has 0 spiro atoms. The van der Waals surface area contributed by atoms with Gasteiger partial charge in [-0.15, -0.1) is 0 Å². The third kappa shape index (κ3) is 2.51. The molecule has 0 radical (unpaired) electrons. The number of aliphatic hydroxyl groups excluding tert-OH is 1. The first-order chi connectivity index (χ1) is 8.60. The van der Waals surface area contributed by atoms with Gasteiger partial charge in [-0.05, 0) is 11.6 Å². The van der Waals surface area contributed by atoms with E-state index in [1.807, 2.05) is 0 Å². The molecule has 1 heterocycles. The van der Waals surface area contributed by atoms with Crippen molar-refractivity contribution >= 4 is 5.69 Å². The van der Waals surface area contributed by atoms with Crippen molar-refractivity contribution in [2.75, 3.05) is 0 Å². The minimum Gasteiger partial charge on any atom is -0.388 e. The molecule has 2 aromatic rings. The van der Waals surface area contributed by atoms with Gasteiger partial charge in [0.25, 0.3) is 5.69 Å². The number of imidazole rings is 1. The SMILES string of the molecule is O=[N+]([O-])c1cc(F)cc(Cn2ccnc2CO)c1. The Morgan fingerprint density at radius 3 is 2.89 bits per heavy atom. The molecule has 94 valence electrons. The smallest absolute Gasteiger partial charge is 0.272 e. The third-order valence-corrected chi connectivity index (χ3v) is 2.45. The van der Waals surface area contributed by atoms with Crippen LogP contribution in [0.2, 0.25) is 0 Å². The maximum absolute atomic E-state index is 13.2. The number of nitro groups is 1. The van der Waals surface area contributed by atoms with E-state index in [9.17, 15) is 14.5 Å². The molecule has 1 aromatic carbocycles. The molecule has 7 heteroatoms. The fourth-order valence-corrected chi connectivity index (χ4v) is 1.66. The normalized spacial score (nSPS) is 10.6. The molecule has 0 unspecified atom stereocenters. The zero-order valence-electron chi connectivity index (χ0n) is 9.28. The van der Waals surface area contributed by atoms with Crippen LogP contribution in [0.1, 0.15) is 11.4 Å². The first kappa shape index (κ1) is 12.2. The Bertz CT molecular complexity index is 583. The molecule has 1 N–H and O–H groups in total. The highest BCUT2D eigenvalue weighted by molar-refractivity contribution is 5.35. The summed E-state index contributed by atoms with van der Waals surface area (Å²) in [5, 5.41) is 19.6. The van der Waals surface area contributed by atoms with Crippen molar-refractivity contribution in [3.05, 3.63) is 57.9 Å². The summed E-state index contributed by atoms with van der Waals surface area (Å²) in [5.74, 6) is -0.244. The molecule has 0 aliphatic rings. The monoisotopic (exact) mass is 251 g/mol. The van der Waals surface area contributed by atoms with Crippen LogP contribution in [0.3, 0.4) is 0 Å². The number of aromatic nitrogens is 2. The van der Waals surface area contributed by atoms with Gasteiger partial charge in [-0.1, -0.05) is 0 Å². The summed E-state index contributed by atoms with van der Waals surface area (Å²) in [6.45, 7) is -0.0289. The van der Waals surface area contributed by atoms with Gasteiger partial charge in [0, 0.05) is 25.0 Å². The average Bonchev–Trinajstić information content (AvgIpc) is 2.75. The van der Waals surface area contributed by atoms with Crippen LogP contribution in [0.25, 0.3) is 0 Å². The van der Waals surface area contributed by atoms with Crippen LogP contribution >= 0.6 is 0 Å². The quantitative estimate of drug-likeness (QED) is 0.659. The fraction of sp³-hybridized carbons (Fsp3) is 0.182. The topological polar surface area (TPSA) is 81.2 Å². The number of hydrogen-bond donors (Lipinski definition) is 1. The Labute approximate surface area is 101 Å². The van der Waals surface area contributed by atoms with E-state index in [1.165, 1.54) is 18.3 Å². The van der Waals surface area contributed by atoms with Crippen molar-refractivity contribution in [2.45, 2.75) is 13.2 Å². The van der Waals surface area contributed by atoms with Crippen LogP contribution in [0, 0.1) is 15.9 Å². The molecule has 0 atom stereocenters. The molecule has 1 aromatic heterocycles. The van der Waals surface area contributed by atoms with E-state index < -0.39 is 10.7 Å². The van der Waals surface area contributed by atoms with Crippen molar-refractivity contribution in [1.29, 1.82) is 0 Å². The third-order valence-electron chi connectivity index (χ3n) is 2.45. The number of rotatable bonds is 4. The lowest BCUT2D eigenvalue weighted by Crippen LogP contribution is -2.05. The van der Waals surface area contributed by atoms with Crippen molar-refractivity contribution in [2.24, 2.45) is 0 Å². The van der Waals surface area contributed by atoms with Crippen molar-refractivity contribution in [3.63, 3.8) is 0 Å². The van der Waals surface area contributed by atoms with Gasteiger partial charge in [0.15, 0.2) is 0 Å². The Hall–Kier alpha value is -2.28. The van der Waals surface area contributed by atoms with Crippen LogP contribution in [0.15, 0.2) is 30.6 Å². The summed E-state index contributed by atoms with van der Waals surface area (Å²) in [6.07, 6.45) is 3.11. The van der Waals surface area contributed by atoms with Gasteiger partial charge < -0.3 is 9.67 Å². The molecule has 0 aliphatic carbocycles. The van der Waals surface area contributed by atoms with E-state index in [1.54, 1.807) is 10.8 Å². The Morgan fingerprint density at radius 2 is 2.22 bits per heavy atom. The van der Waals surface area contributed by atoms with E-state index >= 15 is 0 Å². The standard InChI is InChI=1S/C11H10FN3O3/c12-9-3-8(4-10(5-9)15(17)18)6-14-2-1-13-11(14)7-16/h1-5,16H,6-7H2. The lowest BCUT2D eigenvalue weighted by molar-refractivity contribution is -0.385. The van der Waals surface area contributed by atoms with Crippen LogP contribution in [-0.4, -0.2) is 19.6 Å². The highest BCUT2D eigenvalue weighted by Crippen LogP contribution is 2.17. The number of benzene rings is 1. The van der Waals surface area contributed by atoms with Gasteiger partial charge in [-0.25, -0.2) is 9.37 Å². The molecule has 0 amide bonds. The minimum absolute atomic E-state index is 0.217. The summed E-state index contributed by atoms with van der Waals surface area (Å²) in [4.78, 5) is 13.9. The Kier molecular flexibility index (Phi) is 3.33. The van der Waals surface area contributed by atoms with Gasteiger partial charge in [0.1, 0.15) is 18.2 Å². The number of nitrogens with zero attached hydrogens (tertiary/aromatic N) is 3. The second-order valence-corrected chi connectivity index (χ2v) is 3.70. The molecule has 0 saturated heterocycles. The molecule has 0 aliphatic heterocycles. The highest BCUT2D eigenvalue weighted by Gasteiger charge is 2.11.